The molecule has 8 aromatic rings. The van der Waals surface area contributed by atoms with Crippen LogP contribution in [0.4, 0.5) is 0 Å². The van der Waals surface area contributed by atoms with Gasteiger partial charge in [-0.25, -0.2) is 8.42 Å². The Balaban J connectivity index is 1.39. The molecule has 0 N–H and O–H groups in total. The van der Waals surface area contributed by atoms with E-state index >= 15 is 0 Å². The molecule has 206 valence electrons. The Kier molecular flexibility index (Phi) is 5.39. The molecule has 0 spiro atoms. The summed E-state index contributed by atoms with van der Waals surface area (Å²) in [4.78, 5) is 0.321. The van der Waals surface area contributed by atoms with Crippen molar-refractivity contribution in [1.82, 2.24) is 9.13 Å². The Morgan fingerprint density at radius 2 is 1.28 bits per heavy atom. The molecule has 0 unspecified atom stereocenters. The van der Waals surface area contributed by atoms with Gasteiger partial charge in [0.25, 0.3) is 0 Å². The smallest absolute Gasteiger partial charge is 0.215 e. The number of furan rings is 1. The summed E-state index contributed by atoms with van der Waals surface area (Å²) in [6.45, 7) is 2.10. The van der Waals surface area contributed by atoms with E-state index in [-0.39, 0.29) is 9.79 Å². The molecule has 43 heavy (non-hydrogen) atoms. The molecule has 0 bridgehead atoms. The van der Waals surface area contributed by atoms with E-state index in [2.05, 4.69) is 52.5 Å². The first-order valence-electron chi connectivity index (χ1n) is 13.8. The van der Waals surface area contributed by atoms with Crippen molar-refractivity contribution in [3.63, 3.8) is 0 Å². The Morgan fingerprint density at radius 3 is 2.00 bits per heavy atom. The lowest BCUT2D eigenvalue weighted by Gasteiger charge is -2.09. The van der Waals surface area contributed by atoms with Gasteiger partial charge < -0.3 is 8.98 Å². The molecule has 0 fully saturated rings. The van der Waals surface area contributed by atoms with Crippen LogP contribution >= 0.6 is 0 Å². The largest absolute Gasteiger partial charge is 0.437 e. The van der Waals surface area contributed by atoms with Gasteiger partial charge in [0.1, 0.15) is 5.52 Å². The van der Waals surface area contributed by atoms with Crippen LogP contribution < -0.4 is 0 Å². The van der Waals surface area contributed by atoms with Crippen molar-refractivity contribution in [3.8, 4) is 17.4 Å². The topological polar surface area (TPSA) is 80.9 Å². The third-order valence-electron chi connectivity index (χ3n) is 8.14. The van der Waals surface area contributed by atoms with Gasteiger partial charge in [-0.15, -0.1) is 0 Å². The number of aromatic nitrogens is 2. The maximum Gasteiger partial charge on any atom is 0.215 e. The van der Waals surface area contributed by atoms with E-state index in [9.17, 15) is 8.42 Å². The molecule has 0 saturated carbocycles. The average molecular weight is 578 g/mol. The maximum absolute atomic E-state index is 13.4. The summed E-state index contributed by atoms with van der Waals surface area (Å²) < 4.78 is 37.9. The Labute approximate surface area is 247 Å². The number of hydrogen-bond acceptors (Lipinski definition) is 4. The lowest BCUT2D eigenvalue weighted by molar-refractivity contribution is 0.596. The molecule has 0 aliphatic heterocycles. The summed E-state index contributed by atoms with van der Waals surface area (Å²) in [5.74, 6) is 0. The quantitative estimate of drug-likeness (QED) is 0.210. The van der Waals surface area contributed by atoms with E-state index in [1.807, 2.05) is 54.6 Å². The van der Waals surface area contributed by atoms with E-state index < -0.39 is 9.84 Å². The molecule has 5 aromatic carbocycles. The molecule has 0 atom stereocenters. The molecule has 0 amide bonds. The van der Waals surface area contributed by atoms with Gasteiger partial charge in [0.15, 0.2) is 5.58 Å². The van der Waals surface area contributed by atoms with Gasteiger partial charge in [-0.3, -0.25) is 4.57 Å². The van der Waals surface area contributed by atoms with E-state index in [1.54, 1.807) is 12.1 Å². The second-order valence-corrected chi connectivity index (χ2v) is 12.5. The van der Waals surface area contributed by atoms with Crippen LogP contribution in [0.25, 0.3) is 55.4 Å². The van der Waals surface area contributed by atoms with Crippen LogP contribution in [0.15, 0.2) is 136 Å². The lowest BCUT2D eigenvalue weighted by atomic mass is 10.1. The second-order valence-electron chi connectivity index (χ2n) is 10.6. The molecular formula is C36H23N3O3S. The average Bonchev–Trinajstić information content (AvgIpc) is 3.68. The number of benzene rings is 5. The highest BCUT2D eigenvalue weighted by atomic mass is 32.2. The van der Waals surface area contributed by atoms with Gasteiger partial charge in [-0.2, -0.15) is 5.26 Å². The fourth-order valence-electron chi connectivity index (χ4n) is 6.16. The minimum Gasteiger partial charge on any atom is -0.437 e. The highest BCUT2D eigenvalue weighted by Gasteiger charge is 2.26. The molecule has 0 saturated heterocycles. The van der Waals surface area contributed by atoms with Crippen LogP contribution in [-0.4, -0.2) is 17.6 Å². The van der Waals surface area contributed by atoms with Gasteiger partial charge in [0.2, 0.25) is 15.6 Å². The zero-order valence-electron chi connectivity index (χ0n) is 23.0. The number of para-hydroxylation sites is 2. The third kappa shape index (κ3) is 3.60. The number of fused-ring (bicyclic) bond motifs is 7. The van der Waals surface area contributed by atoms with E-state index in [0.29, 0.717) is 11.3 Å². The van der Waals surface area contributed by atoms with Crippen molar-refractivity contribution in [1.29, 1.82) is 5.26 Å². The van der Waals surface area contributed by atoms with Crippen LogP contribution in [0, 0.1) is 18.3 Å². The molecule has 8 rings (SSSR count). The first kappa shape index (κ1) is 25.2. The molecular weight excluding hydrogens is 554 g/mol. The minimum absolute atomic E-state index is 0.144. The monoisotopic (exact) mass is 577 g/mol. The lowest BCUT2D eigenvalue weighted by Crippen LogP contribution is -2.02. The summed E-state index contributed by atoms with van der Waals surface area (Å²) in [5, 5.41) is 12.2. The molecule has 0 radical (unpaired) electrons. The SMILES string of the molecule is Cc1cccc2c1c1c(oc3c4ccccc4n(-c4ccccc4)c31)n2-c1ccc(S(=O)(=O)c2ccc(C#N)cc2)cc1. The highest BCUT2D eigenvalue weighted by molar-refractivity contribution is 7.91. The number of sulfone groups is 1. The molecule has 0 aliphatic rings. The van der Waals surface area contributed by atoms with Gasteiger partial charge in [0.05, 0.1) is 37.8 Å². The maximum atomic E-state index is 13.4. The summed E-state index contributed by atoms with van der Waals surface area (Å²) in [6.07, 6.45) is 0. The van der Waals surface area contributed by atoms with Crippen molar-refractivity contribution in [2.75, 3.05) is 0 Å². The number of nitrogens with zero attached hydrogens (tertiary/aromatic N) is 3. The van der Waals surface area contributed by atoms with E-state index in [4.69, 9.17) is 9.68 Å². The highest BCUT2D eigenvalue weighted by Crippen LogP contribution is 2.45. The van der Waals surface area contributed by atoms with Gasteiger partial charge in [0, 0.05) is 22.1 Å². The predicted octanol–water partition coefficient (Wildman–Crippen LogP) is 8.49. The Hall–Kier alpha value is -5.58. The van der Waals surface area contributed by atoms with E-state index in [1.165, 1.54) is 24.3 Å². The number of hydrogen-bond donors (Lipinski definition) is 0. The fourth-order valence-corrected chi connectivity index (χ4v) is 7.43. The van der Waals surface area contributed by atoms with Crippen molar-refractivity contribution >= 4 is 53.8 Å². The van der Waals surface area contributed by atoms with Crippen molar-refractivity contribution in [2.24, 2.45) is 0 Å². The second kappa shape index (κ2) is 9.21. The van der Waals surface area contributed by atoms with Crippen molar-refractivity contribution in [2.45, 2.75) is 16.7 Å². The summed E-state index contributed by atoms with van der Waals surface area (Å²) in [7, 11) is -3.76. The first-order chi connectivity index (χ1) is 21.0. The summed E-state index contributed by atoms with van der Waals surface area (Å²) >= 11 is 0. The van der Waals surface area contributed by atoms with Crippen molar-refractivity contribution in [3.05, 3.63) is 132 Å². The zero-order chi connectivity index (χ0) is 29.3. The normalized spacial score (nSPS) is 12.0. The van der Waals surface area contributed by atoms with Crippen LogP contribution in [0.2, 0.25) is 0 Å². The summed E-state index contributed by atoms with van der Waals surface area (Å²) in [5.41, 5.74) is 7.91. The van der Waals surface area contributed by atoms with Crippen LogP contribution in [0.5, 0.6) is 0 Å². The van der Waals surface area contributed by atoms with Crippen LogP contribution in [0.3, 0.4) is 0 Å². The molecule has 7 heteroatoms. The molecule has 3 aromatic heterocycles. The van der Waals surface area contributed by atoms with Gasteiger partial charge in [-0.1, -0.05) is 42.5 Å². The zero-order valence-corrected chi connectivity index (χ0v) is 23.8. The van der Waals surface area contributed by atoms with Gasteiger partial charge >= 0.3 is 0 Å². The van der Waals surface area contributed by atoms with E-state index in [0.717, 1.165) is 55.2 Å². The number of rotatable bonds is 4. The number of nitriles is 1. The Morgan fingerprint density at radius 1 is 0.651 bits per heavy atom. The first-order valence-corrected chi connectivity index (χ1v) is 15.3. The fraction of sp³-hybridized carbons (Fsp3) is 0.0278. The summed E-state index contributed by atoms with van der Waals surface area (Å²) in [6, 6.07) is 39.6. The number of aryl methyl sites for hydroxylation is 1. The standard InChI is InChI=1S/C36H23N3O3S/c1-23-8-7-13-31-32(23)33-34-35(29-11-5-6-12-30(29)38(34)25-9-3-2-4-10-25)42-36(33)39(31)26-16-20-28(21-17-26)43(40,41)27-18-14-24(22-37)15-19-27/h2-21H,1H3. The molecule has 3 heterocycles. The minimum atomic E-state index is -3.76. The molecule has 0 aliphatic carbocycles. The predicted molar refractivity (Wildman–Crippen MR) is 169 cm³/mol. The molecule has 6 nitrogen and oxygen atoms in total. The third-order valence-corrected chi connectivity index (χ3v) is 9.92. The van der Waals surface area contributed by atoms with Gasteiger partial charge in [-0.05, 0) is 91.3 Å². The van der Waals surface area contributed by atoms with Crippen LogP contribution in [-0.2, 0) is 9.84 Å². The van der Waals surface area contributed by atoms with Crippen molar-refractivity contribution < 1.29 is 12.8 Å². The Bertz CT molecular complexity index is 2510. The van der Waals surface area contributed by atoms with Crippen LogP contribution in [0.1, 0.15) is 11.1 Å².